The monoisotopic (exact) mass is 396 g/mol. The number of hydrogen-bond acceptors (Lipinski definition) is 4. The standard InChI is InChI=1S/C13H9IN4OS/c14-11-7-9(8-20-11)13(19)17-10-3-1-4-15-12(10)18-6-2-5-16-18/h1-8H,(H,17,19). The normalized spacial score (nSPS) is 10.4. The van der Waals surface area contributed by atoms with Gasteiger partial charge in [-0.25, -0.2) is 9.67 Å². The number of aromatic nitrogens is 3. The highest BCUT2D eigenvalue weighted by molar-refractivity contribution is 14.1. The van der Waals surface area contributed by atoms with Crippen LogP contribution in [0.15, 0.2) is 48.2 Å². The van der Waals surface area contributed by atoms with Gasteiger partial charge >= 0.3 is 0 Å². The van der Waals surface area contributed by atoms with Crippen LogP contribution in [0, 0.1) is 2.88 Å². The van der Waals surface area contributed by atoms with Gasteiger partial charge in [0.15, 0.2) is 5.82 Å². The van der Waals surface area contributed by atoms with Gasteiger partial charge in [0.25, 0.3) is 5.91 Å². The number of rotatable bonds is 3. The summed E-state index contributed by atoms with van der Waals surface area (Å²) in [4.78, 5) is 16.4. The van der Waals surface area contributed by atoms with E-state index >= 15 is 0 Å². The van der Waals surface area contributed by atoms with Crippen LogP contribution in [0.3, 0.4) is 0 Å². The molecule has 3 heterocycles. The van der Waals surface area contributed by atoms with Crippen LogP contribution in [0.25, 0.3) is 5.82 Å². The van der Waals surface area contributed by atoms with E-state index in [1.807, 2.05) is 17.5 Å². The van der Waals surface area contributed by atoms with Gasteiger partial charge < -0.3 is 5.32 Å². The Labute approximate surface area is 132 Å². The van der Waals surface area contributed by atoms with Crippen LogP contribution in [0.5, 0.6) is 0 Å². The van der Waals surface area contributed by atoms with E-state index in [-0.39, 0.29) is 5.91 Å². The quantitative estimate of drug-likeness (QED) is 0.692. The summed E-state index contributed by atoms with van der Waals surface area (Å²) >= 11 is 3.73. The molecule has 0 radical (unpaired) electrons. The van der Waals surface area contributed by atoms with Crippen LogP contribution in [0.1, 0.15) is 10.4 Å². The lowest BCUT2D eigenvalue weighted by Gasteiger charge is -2.09. The second-order valence-electron chi connectivity index (χ2n) is 3.92. The van der Waals surface area contributed by atoms with E-state index in [1.54, 1.807) is 35.4 Å². The van der Waals surface area contributed by atoms with Crippen LogP contribution < -0.4 is 5.32 Å². The number of carbonyl (C=O) groups is 1. The molecule has 0 aliphatic carbocycles. The van der Waals surface area contributed by atoms with E-state index in [0.29, 0.717) is 17.1 Å². The van der Waals surface area contributed by atoms with Gasteiger partial charge in [-0.15, -0.1) is 11.3 Å². The van der Waals surface area contributed by atoms with Crippen molar-refractivity contribution in [2.24, 2.45) is 0 Å². The van der Waals surface area contributed by atoms with Gasteiger partial charge in [0.05, 0.1) is 14.1 Å². The number of thiophene rings is 1. The van der Waals surface area contributed by atoms with Crippen molar-refractivity contribution in [2.75, 3.05) is 5.32 Å². The Morgan fingerprint density at radius 1 is 1.35 bits per heavy atom. The Morgan fingerprint density at radius 3 is 2.95 bits per heavy atom. The molecule has 0 aliphatic rings. The molecular weight excluding hydrogens is 387 g/mol. The maximum atomic E-state index is 12.2. The van der Waals surface area contributed by atoms with Gasteiger partial charge in [0.1, 0.15) is 0 Å². The molecule has 0 saturated heterocycles. The molecule has 3 rings (SSSR count). The smallest absolute Gasteiger partial charge is 0.256 e. The van der Waals surface area contributed by atoms with Crippen LogP contribution in [0.4, 0.5) is 5.69 Å². The first-order valence-corrected chi connectivity index (χ1v) is 7.70. The molecule has 1 amide bonds. The highest BCUT2D eigenvalue weighted by Gasteiger charge is 2.12. The lowest BCUT2D eigenvalue weighted by Crippen LogP contribution is -2.14. The van der Waals surface area contributed by atoms with Gasteiger partial charge in [0.2, 0.25) is 0 Å². The first kappa shape index (κ1) is 13.3. The minimum atomic E-state index is -0.148. The zero-order chi connectivity index (χ0) is 13.9. The summed E-state index contributed by atoms with van der Waals surface area (Å²) in [7, 11) is 0. The van der Waals surface area contributed by atoms with Crippen LogP contribution >= 0.6 is 33.9 Å². The van der Waals surface area contributed by atoms with E-state index in [9.17, 15) is 4.79 Å². The summed E-state index contributed by atoms with van der Waals surface area (Å²) in [5.74, 6) is 0.446. The second-order valence-corrected chi connectivity index (χ2v) is 6.72. The summed E-state index contributed by atoms with van der Waals surface area (Å²) < 4.78 is 2.69. The van der Waals surface area contributed by atoms with Crippen molar-refractivity contribution >= 4 is 45.5 Å². The molecule has 3 aromatic heterocycles. The maximum Gasteiger partial charge on any atom is 0.256 e. The number of halogens is 1. The molecule has 1 N–H and O–H groups in total. The number of amides is 1. The van der Waals surface area contributed by atoms with Crippen molar-refractivity contribution in [3.05, 3.63) is 56.7 Å². The molecule has 0 saturated carbocycles. The highest BCUT2D eigenvalue weighted by atomic mass is 127. The van der Waals surface area contributed by atoms with E-state index in [2.05, 4.69) is 38.0 Å². The number of nitrogens with zero attached hydrogens (tertiary/aromatic N) is 3. The Bertz CT molecular complexity index is 738. The Kier molecular flexibility index (Phi) is 3.79. The van der Waals surface area contributed by atoms with Gasteiger partial charge in [0, 0.05) is 24.0 Å². The first-order valence-electron chi connectivity index (χ1n) is 5.74. The van der Waals surface area contributed by atoms with Crippen molar-refractivity contribution in [1.29, 1.82) is 0 Å². The molecule has 100 valence electrons. The fourth-order valence-electron chi connectivity index (χ4n) is 1.69. The zero-order valence-corrected chi connectivity index (χ0v) is 13.1. The van der Waals surface area contributed by atoms with Crippen molar-refractivity contribution in [2.45, 2.75) is 0 Å². The third kappa shape index (κ3) is 2.73. The molecule has 7 heteroatoms. The fraction of sp³-hybridized carbons (Fsp3) is 0. The Hall–Kier alpha value is -1.74. The Morgan fingerprint density at radius 2 is 2.25 bits per heavy atom. The molecule has 20 heavy (non-hydrogen) atoms. The lowest BCUT2D eigenvalue weighted by atomic mass is 10.3. The third-order valence-electron chi connectivity index (χ3n) is 2.59. The topological polar surface area (TPSA) is 59.8 Å². The zero-order valence-electron chi connectivity index (χ0n) is 10.2. The predicted molar refractivity (Wildman–Crippen MR) is 86.3 cm³/mol. The fourth-order valence-corrected chi connectivity index (χ4v) is 3.02. The van der Waals surface area contributed by atoms with Crippen molar-refractivity contribution < 1.29 is 4.79 Å². The highest BCUT2D eigenvalue weighted by Crippen LogP contribution is 2.20. The van der Waals surface area contributed by atoms with Gasteiger partial charge in [-0.05, 0) is 46.9 Å². The molecule has 0 aromatic carbocycles. The lowest BCUT2D eigenvalue weighted by molar-refractivity contribution is 0.102. The van der Waals surface area contributed by atoms with E-state index in [4.69, 9.17) is 0 Å². The summed E-state index contributed by atoms with van der Waals surface area (Å²) in [5.41, 5.74) is 1.28. The van der Waals surface area contributed by atoms with Gasteiger partial charge in [-0.2, -0.15) is 5.10 Å². The minimum absolute atomic E-state index is 0.148. The maximum absolute atomic E-state index is 12.2. The number of anilines is 1. The Balaban J connectivity index is 1.90. The number of carbonyl (C=O) groups excluding carboxylic acids is 1. The number of hydrogen-bond donors (Lipinski definition) is 1. The second kappa shape index (κ2) is 5.71. The SMILES string of the molecule is O=C(Nc1cccnc1-n1cccn1)c1csc(I)c1. The van der Waals surface area contributed by atoms with Crippen molar-refractivity contribution in [3.8, 4) is 5.82 Å². The van der Waals surface area contributed by atoms with E-state index in [0.717, 1.165) is 2.88 Å². The molecular formula is C13H9IN4OS. The molecule has 0 fully saturated rings. The largest absolute Gasteiger partial charge is 0.319 e. The van der Waals surface area contributed by atoms with Crippen LogP contribution in [-0.4, -0.2) is 20.7 Å². The van der Waals surface area contributed by atoms with E-state index < -0.39 is 0 Å². The molecule has 0 bridgehead atoms. The molecule has 0 aliphatic heterocycles. The average Bonchev–Trinajstić information content (AvgIpc) is 3.10. The summed E-state index contributed by atoms with van der Waals surface area (Å²) in [6.07, 6.45) is 5.12. The molecule has 5 nitrogen and oxygen atoms in total. The third-order valence-corrected chi connectivity index (χ3v) is 4.37. The van der Waals surface area contributed by atoms with E-state index in [1.165, 1.54) is 11.3 Å². The minimum Gasteiger partial charge on any atom is -0.319 e. The van der Waals surface area contributed by atoms with Crippen molar-refractivity contribution in [1.82, 2.24) is 14.8 Å². The van der Waals surface area contributed by atoms with Gasteiger partial charge in [-0.3, -0.25) is 4.79 Å². The molecule has 0 atom stereocenters. The molecule has 3 aromatic rings. The van der Waals surface area contributed by atoms with Crippen molar-refractivity contribution in [3.63, 3.8) is 0 Å². The van der Waals surface area contributed by atoms with Crippen LogP contribution in [-0.2, 0) is 0 Å². The van der Waals surface area contributed by atoms with Crippen LogP contribution in [0.2, 0.25) is 0 Å². The summed E-state index contributed by atoms with van der Waals surface area (Å²) in [6.45, 7) is 0. The summed E-state index contributed by atoms with van der Waals surface area (Å²) in [5, 5.41) is 8.84. The number of pyridine rings is 1. The summed E-state index contributed by atoms with van der Waals surface area (Å²) in [6, 6.07) is 7.24. The number of nitrogens with one attached hydrogen (secondary N) is 1. The molecule has 0 spiro atoms. The average molecular weight is 396 g/mol. The first-order chi connectivity index (χ1) is 9.74. The predicted octanol–water partition coefficient (Wildman–Crippen LogP) is 3.19. The molecule has 0 unspecified atom stereocenters. The van der Waals surface area contributed by atoms with Gasteiger partial charge in [-0.1, -0.05) is 0 Å².